The molecule has 0 aliphatic carbocycles. The van der Waals surface area contributed by atoms with Crippen LogP contribution in [0.15, 0.2) is 41.3 Å². The van der Waals surface area contributed by atoms with Crippen molar-refractivity contribution in [2.75, 3.05) is 45.8 Å². The van der Waals surface area contributed by atoms with E-state index in [4.69, 9.17) is 14.2 Å². The third-order valence-corrected chi connectivity index (χ3v) is 6.54. The van der Waals surface area contributed by atoms with Crippen molar-refractivity contribution in [3.63, 3.8) is 0 Å². The highest BCUT2D eigenvalue weighted by molar-refractivity contribution is 7.89. The lowest BCUT2D eigenvalue weighted by Crippen LogP contribution is -2.30. The molecule has 0 atom stereocenters. The number of halogens is 1. The van der Waals surface area contributed by atoms with Crippen LogP contribution in [0.2, 0.25) is 0 Å². The van der Waals surface area contributed by atoms with Gasteiger partial charge in [0, 0.05) is 32.0 Å². The number of benzene rings is 2. The van der Waals surface area contributed by atoms with E-state index in [0.29, 0.717) is 19.7 Å². The summed E-state index contributed by atoms with van der Waals surface area (Å²) < 4.78 is 56.4. The number of carbonyl (C=O) groups excluding carboxylic acids is 1. The van der Waals surface area contributed by atoms with Crippen molar-refractivity contribution in [2.24, 2.45) is 0 Å². The summed E-state index contributed by atoms with van der Waals surface area (Å²) in [4.78, 5) is 12.8. The first-order chi connectivity index (χ1) is 14.8. The highest BCUT2D eigenvalue weighted by atomic mass is 32.2. The lowest BCUT2D eigenvalue weighted by molar-refractivity contribution is 0.102. The summed E-state index contributed by atoms with van der Waals surface area (Å²) in [5.74, 6) is -1.07. The predicted octanol–water partition coefficient (Wildman–Crippen LogP) is 3.14. The molecular formula is C21H27FN2O6S. The second-order valence-corrected chi connectivity index (χ2v) is 8.33. The predicted molar refractivity (Wildman–Crippen MR) is 115 cm³/mol. The topological polar surface area (TPSA) is 94.2 Å². The molecule has 0 bridgehead atoms. The maximum Gasteiger partial charge on any atom is 0.259 e. The van der Waals surface area contributed by atoms with Gasteiger partial charge in [-0.05, 0) is 30.3 Å². The summed E-state index contributed by atoms with van der Waals surface area (Å²) in [6, 6.07) is 8.03. The van der Waals surface area contributed by atoms with Crippen LogP contribution in [0.3, 0.4) is 0 Å². The summed E-state index contributed by atoms with van der Waals surface area (Å²) >= 11 is 0. The molecule has 2 aromatic rings. The van der Waals surface area contributed by atoms with Crippen LogP contribution < -0.4 is 14.8 Å². The highest BCUT2D eigenvalue weighted by Gasteiger charge is 2.24. The number of methoxy groups -OCH3 is 2. The van der Waals surface area contributed by atoms with E-state index in [1.807, 2.05) is 0 Å². The Bertz CT molecular complexity index is 1010. The third-order valence-electron chi connectivity index (χ3n) is 4.49. The van der Waals surface area contributed by atoms with Crippen LogP contribution in [-0.2, 0) is 14.8 Å². The average Bonchev–Trinajstić information content (AvgIpc) is 2.75. The van der Waals surface area contributed by atoms with Gasteiger partial charge < -0.3 is 19.5 Å². The van der Waals surface area contributed by atoms with Gasteiger partial charge in [-0.1, -0.05) is 13.8 Å². The average molecular weight is 455 g/mol. The lowest BCUT2D eigenvalue weighted by Gasteiger charge is -2.19. The molecule has 10 heteroatoms. The van der Waals surface area contributed by atoms with Crippen molar-refractivity contribution in [3.05, 3.63) is 47.8 Å². The fraction of sp³-hybridized carbons (Fsp3) is 0.381. The zero-order chi connectivity index (χ0) is 23.0. The van der Waals surface area contributed by atoms with E-state index in [0.717, 1.165) is 6.07 Å². The van der Waals surface area contributed by atoms with Gasteiger partial charge in [-0.25, -0.2) is 12.8 Å². The molecule has 1 N–H and O–H groups in total. The molecular weight excluding hydrogens is 427 g/mol. The molecule has 1 amide bonds. The van der Waals surface area contributed by atoms with Crippen molar-refractivity contribution in [1.82, 2.24) is 4.31 Å². The Labute approximate surface area is 182 Å². The van der Waals surface area contributed by atoms with Crippen molar-refractivity contribution in [3.8, 4) is 11.5 Å². The van der Waals surface area contributed by atoms with E-state index in [9.17, 15) is 17.6 Å². The summed E-state index contributed by atoms with van der Waals surface area (Å²) in [5, 5.41) is 2.56. The van der Waals surface area contributed by atoms with Gasteiger partial charge in [0.2, 0.25) is 10.0 Å². The second-order valence-electron chi connectivity index (χ2n) is 6.39. The van der Waals surface area contributed by atoms with Crippen molar-refractivity contribution in [1.29, 1.82) is 0 Å². The fourth-order valence-electron chi connectivity index (χ4n) is 2.87. The van der Waals surface area contributed by atoms with Crippen LogP contribution in [0.1, 0.15) is 24.2 Å². The van der Waals surface area contributed by atoms with E-state index < -0.39 is 21.7 Å². The fourth-order valence-corrected chi connectivity index (χ4v) is 4.35. The van der Waals surface area contributed by atoms with E-state index in [2.05, 4.69) is 5.32 Å². The smallest absolute Gasteiger partial charge is 0.259 e. The van der Waals surface area contributed by atoms with Gasteiger partial charge in [0.05, 0.1) is 24.2 Å². The van der Waals surface area contributed by atoms with Gasteiger partial charge in [0.1, 0.15) is 12.4 Å². The largest absolute Gasteiger partial charge is 0.496 e. The Balaban J connectivity index is 2.29. The molecule has 2 rings (SSSR count). The quantitative estimate of drug-likeness (QED) is 0.524. The molecule has 0 aliphatic rings. The van der Waals surface area contributed by atoms with Crippen LogP contribution in [0.4, 0.5) is 10.1 Å². The van der Waals surface area contributed by atoms with E-state index in [-0.39, 0.29) is 34.3 Å². The number of carbonyl (C=O) groups is 1. The first-order valence-corrected chi connectivity index (χ1v) is 11.1. The van der Waals surface area contributed by atoms with Gasteiger partial charge >= 0.3 is 0 Å². The Morgan fingerprint density at radius 2 is 1.71 bits per heavy atom. The monoisotopic (exact) mass is 454 g/mol. The minimum Gasteiger partial charge on any atom is -0.496 e. The minimum absolute atomic E-state index is 0.0107. The number of hydrogen-bond donors (Lipinski definition) is 1. The normalized spacial score (nSPS) is 11.4. The standard InChI is InChI=1S/C21H27FN2O6S/c1-5-24(6-2)31(26,27)16-8-10-19(29-4)17(14-16)21(25)23-15-7-9-20(18(22)13-15)30-12-11-28-3/h7-10,13-14H,5-6,11-12H2,1-4H3,(H,23,25). The minimum atomic E-state index is -3.77. The molecule has 0 aliphatic heterocycles. The maximum atomic E-state index is 14.2. The maximum absolute atomic E-state index is 14.2. The Hall–Kier alpha value is -2.69. The van der Waals surface area contributed by atoms with Gasteiger partial charge in [-0.15, -0.1) is 0 Å². The van der Waals surface area contributed by atoms with Crippen molar-refractivity contribution >= 4 is 21.6 Å². The zero-order valence-corrected chi connectivity index (χ0v) is 18.8. The zero-order valence-electron chi connectivity index (χ0n) is 18.0. The van der Waals surface area contributed by atoms with Gasteiger partial charge in [-0.2, -0.15) is 4.31 Å². The molecule has 0 aromatic heterocycles. The number of rotatable bonds is 11. The first kappa shape index (κ1) is 24.6. The number of anilines is 1. The van der Waals surface area contributed by atoms with E-state index >= 15 is 0 Å². The number of nitrogens with one attached hydrogen (secondary N) is 1. The highest BCUT2D eigenvalue weighted by Crippen LogP contribution is 2.27. The first-order valence-electron chi connectivity index (χ1n) is 9.69. The lowest BCUT2D eigenvalue weighted by atomic mass is 10.1. The number of sulfonamides is 1. The summed E-state index contributed by atoms with van der Waals surface area (Å²) in [6.45, 7) is 4.55. The number of nitrogens with zero attached hydrogens (tertiary/aromatic N) is 1. The SMILES string of the molecule is CCN(CC)S(=O)(=O)c1ccc(OC)c(C(=O)Nc2ccc(OCCOC)c(F)c2)c1. The molecule has 0 heterocycles. The molecule has 31 heavy (non-hydrogen) atoms. The molecule has 0 unspecified atom stereocenters. The Morgan fingerprint density at radius 1 is 1.03 bits per heavy atom. The van der Waals surface area contributed by atoms with Crippen LogP contribution >= 0.6 is 0 Å². The summed E-state index contributed by atoms with van der Waals surface area (Å²) in [6.07, 6.45) is 0. The molecule has 2 aromatic carbocycles. The number of amides is 1. The van der Waals surface area contributed by atoms with Gasteiger partial charge in [0.15, 0.2) is 11.6 Å². The Kier molecular flexibility index (Phi) is 8.78. The molecule has 0 radical (unpaired) electrons. The van der Waals surface area contributed by atoms with E-state index in [1.165, 1.54) is 48.9 Å². The molecule has 0 spiro atoms. The number of ether oxygens (including phenoxy) is 3. The van der Waals surface area contributed by atoms with Crippen molar-refractivity contribution < 1.29 is 31.8 Å². The van der Waals surface area contributed by atoms with Crippen molar-refractivity contribution in [2.45, 2.75) is 18.7 Å². The second kappa shape index (κ2) is 11.1. The van der Waals surface area contributed by atoms with Crippen LogP contribution in [0, 0.1) is 5.82 Å². The molecule has 0 saturated carbocycles. The van der Waals surface area contributed by atoms with Crippen LogP contribution in [0.25, 0.3) is 0 Å². The molecule has 0 fully saturated rings. The molecule has 8 nitrogen and oxygen atoms in total. The third kappa shape index (κ3) is 5.93. The Morgan fingerprint density at radius 3 is 2.29 bits per heavy atom. The summed E-state index contributed by atoms with van der Waals surface area (Å²) in [7, 11) is -0.887. The van der Waals surface area contributed by atoms with Gasteiger partial charge in [-0.3, -0.25) is 4.79 Å². The van der Waals surface area contributed by atoms with E-state index in [1.54, 1.807) is 13.8 Å². The van der Waals surface area contributed by atoms with Crippen LogP contribution in [-0.4, -0.2) is 59.2 Å². The molecule has 0 saturated heterocycles. The van der Waals surface area contributed by atoms with Crippen LogP contribution in [0.5, 0.6) is 11.5 Å². The van der Waals surface area contributed by atoms with Gasteiger partial charge in [0.25, 0.3) is 5.91 Å². The number of hydrogen-bond acceptors (Lipinski definition) is 6. The summed E-state index contributed by atoms with van der Waals surface area (Å²) in [5.41, 5.74) is 0.192. The molecule has 170 valence electrons.